The molecule has 0 spiro atoms. The molecular weight excluding hydrogens is 390 g/mol. The molecule has 1 atom stereocenters. The van der Waals surface area contributed by atoms with Crippen LogP contribution in [0.5, 0.6) is 0 Å². The maximum Gasteiger partial charge on any atom is 0.253 e. The molecule has 3 rings (SSSR count). The Bertz CT molecular complexity index is 1150. The lowest BCUT2D eigenvalue weighted by Crippen LogP contribution is -2.33. The highest BCUT2D eigenvalue weighted by atomic mass is 19.2. The molecule has 2 aromatic heterocycles. The van der Waals surface area contributed by atoms with Crippen molar-refractivity contribution in [2.45, 2.75) is 52.5 Å². The number of nitrogens with zero attached hydrogens (tertiary/aromatic N) is 2. The zero-order valence-corrected chi connectivity index (χ0v) is 17.6. The van der Waals surface area contributed by atoms with E-state index in [-0.39, 0.29) is 23.9 Å². The van der Waals surface area contributed by atoms with Crippen LogP contribution in [0.1, 0.15) is 42.1 Å². The Morgan fingerprint density at radius 2 is 1.97 bits per heavy atom. The van der Waals surface area contributed by atoms with Crippen LogP contribution in [0.25, 0.3) is 11.0 Å². The second kappa shape index (κ2) is 8.77. The molecule has 6 nitrogen and oxygen atoms in total. The van der Waals surface area contributed by atoms with E-state index >= 15 is 0 Å². The number of H-pyrrole nitrogens is 1. The molecule has 0 aliphatic rings. The lowest BCUT2D eigenvalue weighted by molar-refractivity contribution is -0.121. The average Bonchev–Trinajstić information content (AvgIpc) is 2.96. The molecule has 8 heteroatoms. The third-order valence-electron chi connectivity index (χ3n) is 5.42. The third-order valence-corrected chi connectivity index (χ3v) is 5.42. The second-order valence-electron chi connectivity index (χ2n) is 7.75. The molecule has 0 fully saturated rings. The smallest absolute Gasteiger partial charge is 0.253 e. The predicted octanol–water partition coefficient (Wildman–Crippen LogP) is 3.23. The van der Waals surface area contributed by atoms with Crippen LogP contribution in [-0.2, 0) is 24.7 Å². The van der Waals surface area contributed by atoms with Gasteiger partial charge in [-0.3, -0.25) is 14.3 Å². The van der Waals surface area contributed by atoms with E-state index in [1.807, 2.05) is 20.8 Å². The first-order valence-electron chi connectivity index (χ1n) is 9.95. The van der Waals surface area contributed by atoms with Gasteiger partial charge in [0.15, 0.2) is 11.6 Å². The van der Waals surface area contributed by atoms with Gasteiger partial charge in [0.2, 0.25) is 5.91 Å². The number of amides is 1. The summed E-state index contributed by atoms with van der Waals surface area (Å²) in [5, 5.41) is 8.16. The number of carbonyl (C=O) groups is 1. The molecule has 0 aliphatic heterocycles. The first-order chi connectivity index (χ1) is 14.2. The Labute approximate surface area is 173 Å². The van der Waals surface area contributed by atoms with E-state index in [2.05, 4.69) is 15.4 Å². The molecule has 0 saturated heterocycles. The molecule has 0 radical (unpaired) electrons. The lowest BCUT2D eigenvalue weighted by Gasteiger charge is -2.14. The number of carbonyl (C=O) groups excluding carboxylic acids is 1. The highest BCUT2D eigenvalue weighted by Crippen LogP contribution is 2.21. The Morgan fingerprint density at radius 1 is 1.23 bits per heavy atom. The van der Waals surface area contributed by atoms with Crippen molar-refractivity contribution < 1.29 is 13.6 Å². The van der Waals surface area contributed by atoms with Crippen LogP contribution in [0.2, 0.25) is 0 Å². The molecular formula is C22H26F2N4O2. The molecule has 2 N–H and O–H groups in total. The zero-order chi connectivity index (χ0) is 22.0. The van der Waals surface area contributed by atoms with E-state index in [4.69, 9.17) is 0 Å². The molecule has 30 heavy (non-hydrogen) atoms. The monoisotopic (exact) mass is 416 g/mol. The first-order valence-corrected chi connectivity index (χ1v) is 9.95. The van der Waals surface area contributed by atoms with Crippen LogP contribution in [0.15, 0.2) is 23.0 Å². The number of fused-ring (bicyclic) bond motifs is 1. The van der Waals surface area contributed by atoms with Crippen LogP contribution < -0.4 is 10.9 Å². The van der Waals surface area contributed by atoms with E-state index in [1.165, 1.54) is 6.07 Å². The standard InChI is InChI=1S/C22H26F2N4O2/c1-12(5-6-15-7-9-17(23)18(24)11-15)25-19(29)10-8-16-13(2)20-14(3)27-28(4)21(20)26-22(16)30/h7,9,11-12H,5-6,8,10H2,1-4H3,(H,25,29)(H,26,30). The van der Waals surface area contributed by atoms with Crippen LogP contribution >= 0.6 is 0 Å². The van der Waals surface area contributed by atoms with Crippen molar-refractivity contribution in [1.82, 2.24) is 20.1 Å². The van der Waals surface area contributed by atoms with Crippen LogP contribution in [-0.4, -0.2) is 26.7 Å². The fraction of sp³-hybridized carbons (Fsp3) is 0.409. The highest BCUT2D eigenvalue weighted by molar-refractivity contribution is 5.83. The van der Waals surface area contributed by atoms with Crippen LogP contribution in [0.3, 0.4) is 0 Å². The van der Waals surface area contributed by atoms with E-state index in [1.54, 1.807) is 17.8 Å². The normalized spacial score (nSPS) is 12.3. The highest BCUT2D eigenvalue weighted by Gasteiger charge is 2.16. The summed E-state index contributed by atoms with van der Waals surface area (Å²) in [7, 11) is 1.78. The minimum absolute atomic E-state index is 0.131. The number of aromatic amines is 1. The van der Waals surface area contributed by atoms with Gasteiger partial charge >= 0.3 is 0 Å². The quantitative estimate of drug-likeness (QED) is 0.621. The lowest BCUT2D eigenvalue weighted by atomic mass is 10.0. The summed E-state index contributed by atoms with van der Waals surface area (Å²) in [6.07, 6.45) is 1.63. The van der Waals surface area contributed by atoms with Crippen molar-refractivity contribution in [3.8, 4) is 0 Å². The van der Waals surface area contributed by atoms with Gasteiger partial charge in [-0.15, -0.1) is 0 Å². The fourth-order valence-corrected chi connectivity index (χ4v) is 3.79. The van der Waals surface area contributed by atoms with Crippen molar-refractivity contribution in [3.63, 3.8) is 0 Å². The van der Waals surface area contributed by atoms with Crippen molar-refractivity contribution in [1.29, 1.82) is 0 Å². The summed E-state index contributed by atoms with van der Waals surface area (Å²) < 4.78 is 27.9. The number of pyridine rings is 1. The van der Waals surface area contributed by atoms with E-state index in [9.17, 15) is 18.4 Å². The minimum Gasteiger partial charge on any atom is -0.354 e. The van der Waals surface area contributed by atoms with Crippen molar-refractivity contribution in [3.05, 3.63) is 62.6 Å². The topological polar surface area (TPSA) is 79.8 Å². The van der Waals surface area contributed by atoms with Crippen LogP contribution in [0, 0.1) is 25.5 Å². The molecule has 3 aromatic rings. The number of hydrogen-bond acceptors (Lipinski definition) is 3. The van der Waals surface area contributed by atoms with Gasteiger partial charge in [-0.05, 0) is 63.3 Å². The molecule has 2 heterocycles. The largest absolute Gasteiger partial charge is 0.354 e. The van der Waals surface area contributed by atoms with Gasteiger partial charge in [-0.25, -0.2) is 8.78 Å². The van der Waals surface area contributed by atoms with E-state index < -0.39 is 11.6 Å². The molecule has 1 aromatic carbocycles. The molecule has 1 amide bonds. The molecule has 0 aliphatic carbocycles. The molecule has 0 saturated carbocycles. The van der Waals surface area contributed by atoms with Gasteiger partial charge in [0, 0.05) is 30.5 Å². The minimum atomic E-state index is -0.870. The summed E-state index contributed by atoms with van der Waals surface area (Å²) in [5.41, 5.74) is 3.41. The number of benzene rings is 1. The second-order valence-corrected chi connectivity index (χ2v) is 7.75. The summed E-state index contributed by atoms with van der Waals surface area (Å²) in [6, 6.07) is 3.69. The maximum absolute atomic E-state index is 13.3. The van der Waals surface area contributed by atoms with Crippen molar-refractivity contribution in [2.75, 3.05) is 0 Å². The van der Waals surface area contributed by atoms with Crippen molar-refractivity contribution >= 4 is 16.9 Å². The SMILES string of the molecule is Cc1nn(C)c2[nH]c(=O)c(CCC(=O)NC(C)CCc3ccc(F)c(F)c3)c(C)c12. The number of nitrogens with one attached hydrogen (secondary N) is 2. The number of rotatable bonds is 7. The fourth-order valence-electron chi connectivity index (χ4n) is 3.79. The van der Waals surface area contributed by atoms with Gasteiger partial charge in [-0.2, -0.15) is 5.10 Å². The number of halogens is 2. The van der Waals surface area contributed by atoms with E-state index in [0.717, 1.165) is 22.7 Å². The average molecular weight is 416 g/mol. The van der Waals surface area contributed by atoms with Gasteiger partial charge < -0.3 is 10.3 Å². The van der Waals surface area contributed by atoms with Gasteiger partial charge in [-0.1, -0.05) is 6.07 Å². The Kier molecular flexibility index (Phi) is 6.34. The first kappa shape index (κ1) is 21.7. The summed E-state index contributed by atoms with van der Waals surface area (Å²) in [6.45, 7) is 5.63. The Balaban J connectivity index is 1.58. The predicted molar refractivity (Wildman–Crippen MR) is 111 cm³/mol. The van der Waals surface area contributed by atoms with Gasteiger partial charge in [0.05, 0.1) is 5.69 Å². The summed E-state index contributed by atoms with van der Waals surface area (Å²) in [5.74, 6) is -1.90. The third kappa shape index (κ3) is 4.58. The maximum atomic E-state index is 13.3. The molecule has 0 bridgehead atoms. The van der Waals surface area contributed by atoms with Gasteiger partial charge in [0.25, 0.3) is 5.56 Å². The number of aromatic nitrogens is 3. The van der Waals surface area contributed by atoms with Crippen LogP contribution in [0.4, 0.5) is 8.78 Å². The Morgan fingerprint density at radius 3 is 2.67 bits per heavy atom. The molecule has 160 valence electrons. The number of aryl methyl sites for hydroxylation is 4. The molecule has 1 unspecified atom stereocenters. The van der Waals surface area contributed by atoms with Gasteiger partial charge in [0.1, 0.15) is 5.65 Å². The summed E-state index contributed by atoms with van der Waals surface area (Å²) >= 11 is 0. The van der Waals surface area contributed by atoms with E-state index in [0.29, 0.717) is 36.0 Å². The number of hydrogen-bond donors (Lipinski definition) is 2. The van der Waals surface area contributed by atoms with Crippen molar-refractivity contribution in [2.24, 2.45) is 7.05 Å². The zero-order valence-electron chi connectivity index (χ0n) is 17.6. The Hall–Kier alpha value is -3.03. The summed E-state index contributed by atoms with van der Waals surface area (Å²) in [4.78, 5) is 27.7.